The predicted octanol–water partition coefficient (Wildman–Crippen LogP) is 1.36. The van der Waals surface area contributed by atoms with Crippen LogP contribution in [0.4, 0.5) is 0 Å². The van der Waals surface area contributed by atoms with Crippen LogP contribution in [0.5, 0.6) is 0 Å². The first-order valence-corrected chi connectivity index (χ1v) is 5.47. The zero-order valence-corrected chi connectivity index (χ0v) is 10.3. The fourth-order valence-corrected chi connectivity index (χ4v) is 1.24. The van der Waals surface area contributed by atoms with Crippen molar-refractivity contribution in [2.75, 3.05) is 0 Å². The molecule has 0 aliphatic heterocycles. The van der Waals surface area contributed by atoms with Crippen molar-refractivity contribution >= 4 is 17.6 Å². The van der Waals surface area contributed by atoms with Crippen molar-refractivity contribution in [3.63, 3.8) is 0 Å². The first-order valence-electron chi connectivity index (χ1n) is 5.47. The lowest BCUT2D eigenvalue weighted by atomic mass is 10.2. The number of hydrogen-bond acceptors (Lipinski definition) is 4. The zero-order chi connectivity index (χ0) is 13.5. The minimum atomic E-state index is -0.888. The van der Waals surface area contributed by atoms with Crippen molar-refractivity contribution in [3.8, 4) is 0 Å². The molecule has 0 radical (unpaired) electrons. The molecule has 1 amide bonds. The number of nitrogens with zero attached hydrogens (tertiary/aromatic N) is 2. The molecule has 96 valence electrons. The molecule has 0 saturated carbocycles. The number of hydrogen-bond donors (Lipinski definition) is 2. The number of carboxylic acids is 1. The molecule has 0 bridgehead atoms. The van der Waals surface area contributed by atoms with Crippen LogP contribution < -0.4 is 5.43 Å². The van der Waals surface area contributed by atoms with Crippen molar-refractivity contribution in [1.29, 1.82) is 0 Å². The maximum absolute atomic E-state index is 11.7. The summed E-state index contributed by atoms with van der Waals surface area (Å²) in [6, 6.07) is 3.24. The van der Waals surface area contributed by atoms with Crippen LogP contribution in [0.1, 0.15) is 35.8 Å². The fourth-order valence-electron chi connectivity index (χ4n) is 1.24. The molecule has 18 heavy (non-hydrogen) atoms. The van der Waals surface area contributed by atoms with Gasteiger partial charge in [0.1, 0.15) is 0 Å². The molecule has 0 aromatic carbocycles. The number of aromatic nitrogens is 1. The Labute approximate surface area is 105 Å². The Kier molecular flexibility index (Phi) is 4.98. The molecule has 0 unspecified atom stereocenters. The van der Waals surface area contributed by atoms with E-state index in [1.165, 1.54) is 0 Å². The van der Waals surface area contributed by atoms with Crippen LogP contribution in [0.3, 0.4) is 0 Å². The zero-order valence-electron chi connectivity index (χ0n) is 10.3. The Morgan fingerprint density at radius 2 is 2.17 bits per heavy atom. The van der Waals surface area contributed by atoms with Crippen LogP contribution in [0.25, 0.3) is 0 Å². The highest BCUT2D eigenvalue weighted by atomic mass is 16.4. The van der Waals surface area contributed by atoms with Gasteiger partial charge in [0.05, 0.1) is 6.42 Å². The smallest absolute Gasteiger partial charge is 0.303 e. The van der Waals surface area contributed by atoms with Gasteiger partial charge in [0.2, 0.25) is 0 Å². The quantitative estimate of drug-likeness (QED) is 0.608. The molecule has 6 nitrogen and oxygen atoms in total. The molecule has 2 N–H and O–H groups in total. The average molecular weight is 249 g/mol. The molecule has 1 aromatic rings. The molecule has 1 aromatic heterocycles. The maximum atomic E-state index is 11.7. The lowest BCUT2D eigenvalue weighted by molar-refractivity contribution is -0.136. The van der Waals surface area contributed by atoms with Gasteiger partial charge in [-0.3, -0.25) is 14.6 Å². The number of carbonyl (C=O) groups excluding carboxylic acids is 1. The number of aryl methyl sites for hydroxylation is 1. The molecule has 0 fully saturated rings. The summed E-state index contributed by atoms with van der Waals surface area (Å²) in [5.74, 6) is -1.23. The van der Waals surface area contributed by atoms with Gasteiger partial charge in [-0.25, -0.2) is 5.43 Å². The standard InChI is InChI=1S/C12H15N3O3/c1-8(3-4-11(16)17)14-15-12(18)10-5-6-13-9(2)7-10/h5-7H,3-4H2,1-2H3,(H,15,18)(H,16,17)/b14-8+. The third-order valence-electron chi connectivity index (χ3n) is 2.21. The summed E-state index contributed by atoms with van der Waals surface area (Å²) in [7, 11) is 0. The average Bonchev–Trinajstić information content (AvgIpc) is 2.33. The summed E-state index contributed by atoms with van der Waals surface area (Å²) in [6.45, 7) is 3.46. The highest BCUT2D eigenvalue weighted by Gasteiger charge is 2.05. The van der Waals surface area contributed by atoms with Crippen LogP contribution in [0.2, 0.25) is 0 Å². The van der Waals surface area contributed by atoms with Gasteiger partial charge in [-0.2, -0.15) is 5.10 Å². The first-order chi connectivity index (χ1) is 8.49. The first kappa shape index (κ1) is 13.8. The third kappa shape index (κ3) is 4.73. The van der Waals surface area contributed by atoms with Crippen LogP contribution in [0.15, 0.2) is 23.4 Å². The number of carbonyl (C=O) groups is 2. The van der Waals surface area contributed by atoms with Crippen LogP contribution in [0, 0.1) is 6.92 Å². The summed E-state index contributed by atoms with van der Waals surface area (Å²) in [5.41, 5.74) is 4.16. The van der Waals surface area contributed by atoms with Gasteiger partial charge >= 0.3 is 5.97 Å². The topological polar surface area (TPSA) is 91.6 Å². The monoisotopic (exact) mass is 249 g/mol. The molecule has 0 aliphatic rings. The van der Waals surface area contributed by atoms with Gasteiger partial charge in [-0.15, -0.1) is 0 Å². The lowest BCUT2D eigenvalue weighted by Crippen LogP contribution is -2.19. The van der Waals surface area contributed by atoms with Crippen molar-refractivity contribution < 1.29 is 14.7 Å². The van der Waals surface area contributed by atoms with Gasteiger partial charge in [-0.05, 0) is 32.4 Å². The van der Waals surface area contributed by atoms with E-state index in [1.807, 2.05) is 0 Å². The van der Waals surface area contributed by atoms with E-state index in [-0.39, 0.29) is 12.3 Å². The van der Waals surface area contributed by atoms with Gasteiger partial charge < -0.3 is 5.11 Å². The second kappa shape index (κ2) is 6.48. The lowest BCUT2D eigenvalue weighted by Gasteiger charge is -2.02. The summed E-state index contributed by atoms with van der Waals surface area (Å²) in [4.78, 5) is 26.0. The summed E-state index contributed by atoms with van der Waals surface area (Å²) in [6.07, 6.45) is 1.86. The predicted molar refractivity (Wildman–Crippen MR) is 66.4 cm³/mol. The third-order valence-corrected chi connectivity index (χ3v) is 2.21. The second-order valence-electron chi connectivity index (χ2n) is 3.87. The largest absolute Gasteiger partial charge is 0.481 e. The Morgan fingerprint density at radius 3 is 2.78 bits per heavy atom. The molecule has 1 heterocycles. The van der Waals surface area contributed by atoms with Gasteiger partial charge in [-0.1, -0.05) is 0 Å². The molecule has 0 atom stereocenters. The Morgan fingerprint density at radius 1 is 1.44 bits per heavy atom. The Hall–Kier alpha value is -2.24. The molecule has 0 saturated heterocycles. The molecular formula is C12H15N3O3. The number of amides is 1. The molecule has 1 rings (SSSR count). The Bertz CT molecular complexity index is 483. The number of aliphatic carboxylic acids is 1. The normalized spacial score (nSPS) is 11.1. The van der Waals surface area contributed by atoms with Crippen LogP contribution >= 0.6 is 0 Å². The van der Waals surface area contributed by atoms with Crippen molar-refractivity contribution in [2.45, 2.75) is 26.7 Å². The van der Waals surface area contributed by atoms with Crippen molar-refractivity contribution in [1.82, 2.24) is 10.4 Å². The van der Waals surface area contributed by atoms with Gasteiger partial charge in [0, 0.05) is 23.2 Å². The number of hydrazone groups is 1. The maximum Gasteiger partial charge on any atom is 0.303 e. The van der Waals surface area contributed by atoms with E-state index in [0.29, 0.717) is 17.7 Å². The van der Waals surface area contributed by atoms with E-state index in [9.17, 15) is 9.59 Å². The van der Waals surface area contributed by atoms with E-state index >= 15 is 0 Å². The number of rotatable bonds is 5. The highest BCUT2D eigenvalue weighted by Crippen LogP contribution is 2.00. The molecule has 0 aliphatic carbocycles. The molecular weight excluding hydrogens is 234 g/mol. The van der Waals surface area contributed by atoms with Crippen LogP contribution in [-0.4, -0.2) is 27.7 Å². The minimum Gasteiger partial charge on any atom is -0.481 e. The summed E-state index contributed by atoms with van der Waals surface area (Å²) >= 11 is 0. The number of nitrogens with one attached hydrogen (secondary N) is 1. The molecule has 0 spiro atoms. The van der Waals surface area contributed by atoms with Crippen molar-refractivity contribution in [2.24, 2.45) is 5.10 Å². The number of carboxylic acid groups (broad SMARTS) is 1. The van der Waals surface area contributed by atoms with E-state index in [0.717, 1.165) is 5.69 Å². The van der Waals surface area contributed by atoms with E-state index in [1.54, 1.807) is 32.2 Å². The van der Waals surface area contributed by atoms with Gasteiger partial charge in [0.25, 0.3) is 5.91 Å². The summed E-state index contributed by atoms with van der Waals surface area (Å²) in [5, 5.41) is 12.3. The molecule has 6 heteroatoms. The second-order valence-corrected chi connectivity index (χ2v) is 3.87. The highest BCUT2D eigenvalue weighted by molar-refractivity contribution is 5.95. The SMILES string of the molecule is C/C(CCC(=O)O)=N\NC(=O)c1ccnc(C)c1. The van der Waals surface area contributed by atoms with E-state index < -0.39 is 5.97 Å². The van der Waals surface area contributed by atoms with Crippen molar-refractivity contribution in [3.05, 3.63) is 29.6 Å². The fraction of sp³-hybridized carbons (Fsp3) is 0.333. The Balaban J connectivity index is 2.55. The van der Waals surface area contributed by atoms with Crippen LogP contribution in [-0.2, 0) is 4.79 Å². The van der Waals surface area contributed by atoms with Gasteiger partial charge in [0.15, 0.2) is 0 Å². The number of pyridine rings is 1. The minimum absolute atomic E-state index is 0.000428. The summed E-state index contributed by atoms with van der Waals surface area (Å²) < 4.78 is 0. The van der Waals surface area contributed by atoms with E-state index in [2.05, 4.69) is 15.5 Å². The van der Waals surface area contributed by atoms with E-state index in [4.69, 9.17) is 5.11 Å².